The number of rotatable bonds is 8. The molecule has 31 heavy (non-hydrogen) atoms. The van der Waals surface area contributed by atoms with Crippen LogP contribution in [0.1, 0.15) is 23.6 Å². The van der Waals surface area contributed by atoms with Gasteiger partial charge < -0.3 is 16.4 Å². The molecule has 166 valence electrons. The molecule has 0 aromatic heterocycles. The van der Waals surface area contributed by atoms with Crippen molar-refractivity contribution in [1.82, 2.24) is 10.6 Å². The van der Waals surface area contributed by atoms with Crippen LogP contribution in [0, 0.1) is 5.82 Å². The Hall–Kier alpha value is -3.43. The van der Waals surface area contributed by atoms with Crippen molar-refractivity contribution in [3.8, 4) is 0 Å². The zero-order valence-electron chi connectivity index (χ0n) is 16.5. The predicted octanol–water partition coefficient (Wildman–Crippen LogP) is 2.10. The Morgan fingerprint density at radius 3 is 2.06 bits per heavy atom. The molecule has 0 fully saturated rings. The molecule has 4 N–H and O–H groups in total. The second-order valence-electron chi connectivity index (χ2n) is 6.95. The number of carbonyl (C=O) groups is 3. The van der Waals surface area contributed by atoms with E-state index in [1.807, 2.05) is 0 Å². The van der Waals surface area contributed by atoms with Gasteiger partial charge in [-0.2, -0.15) is 13.2 Å². The van der Waals surface area contributed by atoms with Gasteiger partial charge >= 0.3 is 6.18 Å². The first kappa shape index (κ1) is 23.8. The molecule has 0 saturated carbocycles. The molecule has 6 nitrogen and oxygen atoms in total. The van der Waals surface area contributed by atoms with Gasteiger partial charge in [0.15, 0.2) is 0 Å². The van der Waals surface area contributed by atoms with E-state index < -0.39 is 47.4 Å². The third-order valence-corrected chi connectivity index (χ3v) is 4.40. The fraction of sp³-hybridized carbons (Fsp3) is 0.286. The van der Waals surface area contributed by atoms with Crippen LogP contribution >= 0.6 is 0 Å². The summed E-state index contributed by atoms with van der Waals surface area (Å²) < 4.78 is 51.5. The Labute approximate surface area is 175 Å². The monoisotopic (exact) mass is 439 g/mol. The highest BCUT2D eigenvalue weighted by Gasteiger charge is 2.30. The molecule has 0 aliphatic rings. The first-order valence-electron chi connectivity index (χ1n) is 9.23. The second-order valence-corrected chi connectivity index (χ2v) is 6.95. The highest BCUT2D eigenvalue weighted by molar-refractivity contribution is 5.91. The zero-order chi connectivity index (χ0) is 23.2. The number of carbonyl (C=O) groups excluding carboxylic acids is 3. The summed E-state index contributed by atoms with van der Waals surface area (Å²) in [4.78, 5) is 36.0. The van der Waals surface area contributed by atoms with Crippen LogP contribution in [0.5, 0.6) is 0 Å². The van der Waals surface area contributed by atoms with Crippen LogP contribution in [0.3, 0.4) is 0 Å². The van der Waals surface area contributed by atoms with Crippen molar-refractivity contribution < 1.29 is 31.9 Å². The SMILES string of the molecule is CC(=O)N[C@@H](Cc1cccc(F)c1)C(=O)N[C@H](Cc1ccc(C(F)(F)F)cc1)C(N)=O. The van der Waals surface area contributed by atoms with Gasteiger partial charge in [-0.15, -0.1) is 0 Å². The van der Waals surface area contributed by atoms with Crippen molar-refractivity contribution in [2.75, 3.05) is 0 Å². The van der Waals surface area contributed by atoms with E-state index in [0.717, 1.165) is 12.1 Å². The molecule has 0 aliphatic heterocycles. The number of nitrogens with one attached hydrogen (secondary N) is 2. The Kier molecular flexibility index (Phi) is 7.73. The largest absolute Gasteiger partial charge is 0.416 e. The molecule has 0 bridgehead atoms. The Bertz CT molecular complexity index is 946. The zero-order valence-corrected chi connectivity index (χ0v) is 16.5. The Morgan fingerprint density at radius 1 is 0.935 bits per heavy atom. The van der Waals surface area contributed by atoms with E-state index in [0.29, 0.717) is 11.1 Å². The number of benzene rings is 2. The molecule has 0 unspecified atom stereocenters. The number of hydrogen-bond acceptors (Lipinski definition) is 3. The van der Waals surface area contributed by atoms with Gasteiger partial charge in [0, 0.05) is 19.8 Å². The molecule has 3 amide bonds. The quantitative estimate of drug-likeness (QED) is 0.549. The standard InChI is InChI=1S/C21H21F4N3O3/c1-12(29)27-18(11-14-3-2-4-16(22)9-14)20(31)28-17(19(26)30)10-13-5-7-15(8-6-13)21(23,24)25/h2-9,17-18H,10-11H2,1H3,(H2,26,30)(H,27,29)(H,28,31)/t17-,18+/m1/s1. The highest BCUT2D eigenvalue weighted by atomic mass is 19.4. The maximum atomic E-state index is 13.4. The van der Waals surface area contributed by atoms with Crippen LogP contribution in [0.4, 0.5) is 17.6 Å². The number of amides is 3. The van der Waals surface area contributed by atoms with Gasteiger partial charge in [-0.25, -0.2) is 4.39 Å². The fourth-order valence-corrected chi connectivity index (χ4v) is 2.91. The topological polar surface area (TPSA) is 101 Å². The number of primary amides is 1. The van der Waals surface area contributed by atoms with E-state index in [-0.39, 0.29) is 12.8 Å². The number of alkyl halides is 3. The minimum absolute atomic E-state index is 0.0467. The predicted molar refractivity (Wildman–Crippen MR) is 104 cm³/mol. The van der Waals surface area contributed by atoms with E-state index in [4.69, 9.17) is 5.73 Å². The van der Waals surface area contributed by atoms with Crippen molar-refractivity contribution >= 4 is 17.7 Å². The van der Waals surface area contributed by atoms with Crippen molar-refractivity contribution in [1.29, 1.82) is 0 Å². The van der Waals surface area contributed by atoms with Crippen LogP contribution in [-0.2, 0) is 33.4 Å². The van der Waals surface area contributed by atoms with Gasteiger partial charge in [0.25, 0.3) is 0 Å². The van der Waals surface area contributed by atoms with E-state index in [1.54, 1.807) is 6.07 Å². The highest BCUT2D eigenvalue weighted by Crippen LogP contribution is 2.29. The average Bonchev–Trinajstić information content (AvgIpc) is 2.66. The molecule has 0 radical (unpaired) electrons. The summed E-state index contributed by atoms with van der Waals surface area (Å²) in [5, 5.41) is 4.84. The lowest BCUT2D eigenvalue weighted by Gasteiger charge is -2.22. The average molecular weight is 439 g/mol. The summed E-state index contributed by atoms with van der Waals surface area (Å²) in [7, 11) is 0. The third-order valence-electron chi connectivity index (χ3n) is 4.40. The molecule has 0 aliphatic carbocycles. The lowest BCUT2D eigenvalue weighted by molar-refractivity contribution is -0.137. The van der Waals surface area contributed by atoms with Crippen molar-refractivity contribution in [3.05, 3.63) is 71.0 Å². The summed E-state index contributed by atoms with van der Waals surface area (Å²) in [5.74, 6) is -2.68. The van der Waals surface area contributed by atoms with Crippen molar-refractivity contribution in [3.63, 3.8) is 0 Å². The molecule has 10 heteroatoms. The molecule has 0 saturated heterocycles. The summed E-state index contributed by atoms with van der Waals surface area (Å²) in [5.41, 5.74) is 5.27. The van der Waals surface area contributed by atoms with Gasteiger partial charge in [0.1, 0.15) is 17.9 Å². The van der Waals surface area contributed by atoms with Gasteiger partial charge in [0.2, 0.25) is 17.7 Å². The summed E-state index contributed by atoms with van der Waals surface area (Å²) >= 11 is 0. The van der Waals surface area contributed by atoms with Gasteiger partial charge in [-0.3, -0.25) is 14.4 Å². The summed E-state index contributed by atoms with van der Waals surface area (Å²) in [6.07, 6.45) is -4.70. The van der Waals surface area contributed by atoms with Gasteiger partial charge in [0.05, 0.1) is 5.56 Å². The molecule has 0 heterocycles. The van der Waals surface area contributed by atoms with Crippen LogP contribution in [0.25, 0.3) is 0 Å². The Morgan fingerprint density at radius 2 is 1.55 bits per heavy atom. The lowest BCUT2D eigenvalue weighted by Crippen LogP contribution is -2.54. The van der Waals surface area contributed by atoms with E-state index in [1.165, 1.54) is 37.3 Å². The summed E-state index contributed by atoms with van der Waals surface area (Å²) in [6.45, 7) is 1.19. The normalized spacial score (nSPS) is 13.2. The minimum Gasteiger partial charge on any atom is -0.368 e. The second kappa shape index (κ2) is 10.1. The van der Waals surface area contributed by atoms with Gasteiger partial charge in [-0.05, 0) is 35.4 Å². The van der Waals surface area contributed by atoms with Crippen LogP contribution in [-0.4, -0.2) is 29.8 Å². The molecule has 2 rings (SSSR count). The molecule has 2 aromatic carbocycles. The first-order chi connectivity index (χ1) is 14.5. The molecule has 0 spiro atoms. The first-order valence-corrected chi connectivity index (χ1v) is 9.23. The van der Waals surface area contributed by atoms with E-state index >= 15 is 0 Å². The van der Waals surface area contributed by atoms with E-state index in [9.17, 15) is 31.9 Å². The third kappa shape index (κ3) is 7.40. The Balaban J connectivity index is 2.13. The van der Waals surface area contributed by atoms with Crippen LogP contribution in [0.2, 0.25) is 0 Å². The van der Waals surface area contributed by atoms with Crippen LogP contribution < -0.4 is 16.4 Å². The van der Waals surface area contributed by atoms with Gasteiger partial charge in [-0.1, -0.05) is 24.3 Å². The maximum Gasteiger partial charge on any atom is 0.416 e. The maximum absolute atomic E-state index is 13.4. The smallest absolute Gasteiger partial charge is 0.368 e. The fourth-order valence-electron chi connectivity index (χ4n) is 2.91. The van der Waals surface area contributed by atoms with Crippen molar-refractivity contribution in [2.45, 2.75) is 38.0 Å². The van der Waals surface area contributed by atoms with Crippen LogP contribution in [0.15, 0.2) is 48.5 Å². The number of nitrogens with two attached hydrogens (primary N) is 1. The molecular weight excluding hydrogens is 418 g/mol. The molecule has 2 aromatic rings. The lowest BCUT2D eigenvalue weighted by atomic mass is 10.0. The van der Waals surface area contributed by atoms with Crippen molar-refractivity contribution in [2.24, 2.45) is 5.73 Å². The molecule has 2 atom stereocenters. The number of halogens is 4. The molecular formula is C21H21F4N3O3. The number of hydrogen-bond donors (Lipinski definition) is 3. The summed E-state index contributed by atoms with van der Waals surface area (Å²) in [6, 6.07) is 7.19. The van der Waals surface area contributed by atoms with E-state index in [2.05, 4.69) is 10.6 Å². The minimum atomic E-state index is -4.50.